The second-order valence-corrected chi connectivity index (χ2v) is 4.81. The van der Waals surface area contributed by atoms with Crippen LogP contribution in [0.5, 0.6) is 0 Å². The van der Waals surface area contributed by atoms with Crippen LogP contribution in [0.2, 0.25) is 0 Å². The zero-order chi connectivity index (χ0) is 5.41. The van der Waals surface area contributed by atoms with Gasteiger partial charge in [-0.05, 0) is 0 Å². The molecule has 1 radical (unpaired) electrons. The summed E-state index contributed by atoms with van der Waals surface area (Å²) in [4.78, 5) is 0. The van der Waals surface area contributed by atoms with Crippen molar-refractivity contribution in [3.05, 3.63) is 0 Å². The first-order chi connectivity index (χ1) is 2.91. The van der Waals surface area contributed by atoms with Gasteiger partial charge in [0, 0.05) is 0 Å². The summed E-state index contributed by atoms with van der Waals surface area (Å²) in [6.07, 6.45) is 1.58. The summed E-state index contributed by atoms with van der Waals surface area (Å²) in [5, 5.41) is 0. The zero-order valence-corrected chi connectivity index (χ0v) is 8.20. The van der Waals surface area contributed by atoms with Gasteiger partial charge in [-0.25, -0.2) is 0 Å². The van der Waals surface area contributed by atoms with E-state index in [0.29, 0.717) is 4.71 Å². The fourth-order valence-electron chi connectivity index (χ4n) is 0. The van der Waals surface area contributed by atoms with Gasteiger partial charge in [-0.3, -0.25) is 0 Å². The molecule has 39 valence electrons. The molecule has 0 spiro atoms. The average molecular weight is 210 g/mol. The van der Waals surface area contributed by atoms with Crippen molar-refractivity contribution in [1.82, 2.24) is 0 Å². The van der Waals surface area contributed by atoms with Crippen molar-refractivity contribution < 1.29 is 11.6 Å². The molecule has 6 heavy (non-hydrogen) atoms. The summed E-state index contributed by atoms with van der Waals surface area (Å²) < 4.78 is 0.713. The molecule has 0 aromatic rings. The maximum absolute atomic E-state index is 5.21. The molecule has 0 aliphatic rings. The number of alkyl halides is 2. The molecule has 0 nitrogen and oxygen atoms in total. The van der Waals surface area contributed by atoms with Crippen LogP contribution in [0.3, 0.4) is 0 Å². The Morgan fingerprint density at radius 2 is 1.83 bits per heavy atom. The van der Waals surface area contributed by atoms with Crippen LogP contribution >= 0.6 is 21.6 Å². The van der Waals surface area contributed by atoms with E-state index in [4.69, 9.17) is 21.6 Å². The Bertz CT molecular complexity index is 10.8. The molecule has 0 aliphatic heterocycles. The first-order valence-corrected chi connectivity index (χ1v) is 7.55. The molecular weight excluding hydrogens is 203 g/mol. The number of halogens is 3. The number of hydrogen-bond acceptors (Lipinski definition) is 0. The Labute approximate surface area is 58.8 Å². The van der Waals surface area contributed by atoms with Gasteiger partial charge < -0.3 is 0 Å². The molecule has 0 aromatic heterocycles. The molecule has 0 aliphatic carbocycles. The van der Waals surface area contributed by atoms with Crippen LogP contribution in [-0.4, -0.2) is 25.6 Å². The average Bonchev–Trinajstić information content (AvgIpc) is 1.72. The van der Waals surface area contributed by atoms with Crippen LogP contribution in [0.25, 0.3) is 0 Å². The normalized spacial score (nSPS) is 6.00. The SMILES string of the molecule is C[ClH+].Cl[CH2][GeH][Cl]. The Morgan fingerprint density at radius 1 is 1.67 bits per heavy atom. The Balaban J connectivity index is 0. The van der Waals surface area contributed by atoms with E-state index in [1.807, 2.05) is 0 Å². The second-order valence-electron chi connectivity index (χ2n) is 0.309. The van der Waals surface area contributed by atoms with Crippen LogP contribution in [0.4, 0.5) is 0 Å². The molecule has 4 heteroatoms. The van der Waals surface area contributed by atoms with Crippen molar-refractivity contribution in [3.63, 3.8) is 0 Å². The first kappa shape index (κ1) is 10.4. The minimum atomic E-state index is -0.450. The van der Waals surface area contributed by atoms with Crippen LogP contribution in [-0.2, 0) is 0 Å². The Kier molecular flexibility index (Phi) is 28.0. The van der Waals surface area contributed by atoms with Crippen molar-refractivity contribution >= 4 is 36.1 Å². The van der Waals surface area contributed by atoms with E-state index in [0.717, 1.165) is 0 Å². The quantitative estimate of drug-likeness (QED) is 0.440. The van der Waals surface area contributed by atoms with Crippen LogP contribution in [0.15, 0.2) is 0 Å². The van der Waals surface area contributed by atoms with Gasteiger partial charge in [-0.15, -0.1) is 0 Å². The molecule has 0 aromatic carbocycles. The fourth-order valence-corrected chi connectivity index (χ4v) is 0. The van der Waals surface area contributed by atoms with E-state index >= 15 is 0 Å². The van der Waals surface area contributed by atoms with Gasteiger partial charge >= 0.3 is 40.8 Å². The van der Waals surface area contributed by atoms with Crippen molar-refractivity contribution in [3.8, 4) is 0 Å². The van der Waals surface area contributed by atoms with Crippen LogP contribution in [0, 0.1) is 11.6 Å². The van der Waals surface area contributed by atoms with E-state index in [1.54, 1.807) is 6.38 Å². The van der Waals surface area contributed by atoms with E-state index in [2.05, 4.69) is 11.6 Å². The second kappa shape index (κ2) is 16.1. The van der Waals surface area contributed by atoms with Crippen molar-refractivity contribution in [2.24, 2.45) is 0 Å². The summed E-state index contributed by atoms with van der Waals surface area (Å²) in [7, 11) is 5.21. The summed E-state index contributed by atoms with van der Waals surface area (Å²) in [5.41, 5.74) is 0. The molecule has 0 rings (SSSR count). The topological polar surface area (TPSA) is 0 Å². The van der Waals surface area contributed by atoms with Gasteiger partial charge in [0.1, 0.15) is 11.6 Å². The number of rotatable bonds is 1. The maximum atomic E-state index is 5.21. The van der Waals surface area contributed by atoms with E-state index in [1.165, 1.54) is 0 Å². The third-order valence-corrected chi connectivity index (χ3v) is 2.73. The van der Waals surface area contributed by atoms with E-state index in [-0.39, 0.29) is 0 Å². The zero-order valence-electron chi connectivity index (χ0n) is 3.45. The summed E-state index contributed by atoms with van der Waals surface area (Å²) >= 11 is 8.76. The van der Waals surface area contributed by atoms with Gasteiger partial charge in [-0.2, -0.15) is 0 Å². The molecule has 0 unspecified atom stereocenters. The monoisotopic (exact) mass is 210 g/mol. The summed E-state index contributed by atoms with van der Waals surface area (Å²) in [6.45, 7) is 0. The number of hydrogen-bond donors (Lipinski definition) is 0. The molecule has 0 amide bonds. The predicted octanol–water partition coefficient (Wildman–Crippen LogP) is 0.671. The van der Waals surface area contributed by atoms with E-state index in [9.17, 15) is 0 Å². The first-order valence-electron chi connectivity index (χ1n) is 1.30. The van der Waals surface area contributed by atoms with Crippen LogP contribution < -0.4 is 0 Å². The summed E-state index contributed by atoms with van der Waals surface area (Å²) in [5.74, 6) is 0. The third-order valence-electron chi connectivity index (χ3n) is 0.0583. The molecular formula is C2H7Cl3Ge+. The molecule has 0 fully saturated rings. The molecule has 0 atom stereocenters. The molecule has 0 bridgehead atoms. The Hall–Kier alpha value is 1.41. The van der Waals surface area contributed by atoms with Gasteiger partial charge in [0.15, 0.2) is 6.38 Å². The van der Waals surface area contributed by atoms with Crippen LogP contribution in [0.1, 0.15) is 0 Å². The standard InChI is InChI=1S/CH3Cl2Ge.CH4Cl/c2-1-4-3;1-2/h4H,1H2;2H,1H3/q;+1. The minimum absolute atomic E-state index is 0.450. The van der Waals surface area contributed by atoms with E-state index < -0.39 is 14.5 Å². The third kappa shape index (κ3) is 18.1. The fraction of sp³-hybridized carbons (Fsp3) is 1.00. The molecule has 0 saturated carbocycles. The molecule has 0 N–H and O–H groups in total. The van der Waals surface area contributed by atoms with Gasteiger partial charge in [-0.1, -0.05) is 0 Å². The van der Waals surface area contributed by atoms with Gasteiger partial charge in [0.05, 0.1) is 0 Å². The van der Waals surface area contributed by atoms with Crippen molar-refractivity contribution in [2.45, 2.75) is 0 Å². The predicted molar refractivity (Wildman–Crippen MR) is 31.0 cm³/mol. The van der Waals surface area contributed by atoms with Gasteiger partial charge in [0.2, 0.25) is 0 Å². The van der Waals surface area contributed by atoms with Crippen molar-refractivity contribution in [2.75, 3.05) is 11.1 Å². The Morgan fingerprint density at radius 3 is 1.83 bits per heavy atom. The molecule has 0 saturated heterocycles. The van der Waals surface area contributed by atoms with Crippen molar-refractivity contribution in [1.29, 1.82) is 0 Å². The van der Waals surface area contributed by atoms with Gasteiger partial charge in [0.25, 0.3) is 0 Å². The summed E-state index contributed by atoms with van der Waals surface area (Å²) in [6, 6.07) is 0. The molecule has 0 heterocycles.